The highest BCUT2D eigenvalue weighted by Crippen LogP contribution is 2.23. The summed E-state index contributed by atoms with van der Waals surface area (Å²) < 4.78 is 0. The van der Waals surface area contributed by atoms with Gasteiger partial charge < -0.3 is 10.6 Å². The fraction of sp³-hybridized carbons (Fsp3) is 0.462. The van der Waals surface area contributed by atoms with Crippen molar-refractivity contribution >= 4 is 23.4 Å². The molecular weight excluding hydrogens is 278 g/mol. The number of nitro groups is 1. The van der Waals surface area contributed by atoms with Gasteiger partial charge in [-0.15, -0.1) is 11.8 Å². The molecule has 1 heterocycles. The number of nitrogens with zero attached hydrogens (tertiary/aromatic N) is 2. The summed E-state index contributed by atoms with van der Waals surface area (Å²) in [5, 5.41) is 10.5. The minimum absolute atomic E-state index is 0.0587. The first kappa shape index (κ1) is 14.8. The molecular formula is C13H17N3O3S. The van der Waals surface area contributed by atoms with Crippen LogP contribution in [-0.4, -0.2) is 40.6 Å². The second-order valence-electron chi connectivity index (χ2n) is 4.66. The molecule has 1 aromatic rings. The molecule has 0 aromatic heterocycles. The van der Waals surface area contributed by atoms with Crippen molar-refractivity contribution in [2.75, 3.05) is 18.8 Å². The lowest BCUT2D eigenvalue weighted by atomic mass is 10.2. The van der Waals surface area contributed by atoms with Crippen molar-refractivity contribution in [3.05, 3.63) is 34.4 Å². The maximum Gasteiger partial charge on any atom is 0.269 e. The van der Waals surface area contributed by atoms with Crippen LogP contribution in [-0.2, 0) is 4.79 Å². The number of nitro benzene ring substituents is 1. The van der Waals surface area contributed by atoms with Crippen LogP contribution in [0.4, 0.5) is 5.69 Å². The summed E-state index contributed by atoms with van der Waals surface area (Å²) in [7, 11) is 0. The van der Waals surface area contributed by atoms with Crippen molar-refractivity contribution < 1.29 is 9.72 Å². The van der Waals surface area contributed by atoms with Crippen molar-refractivity contribution in [1.29, 1.82) is 0 Å². The van der Waals surface area contributed by atoms with Gasteiger partial charge in [0.15, 0.2) is 0 Å². The molecule has 20 heavy (non-hydrogen) atoms. The Morgan fingerprint density at radius 2 is 2.15 bits per heavy atom. The number of likely N-dealkylation sites (tertiary alicyclic amines) is 1. The van der Waals surface area contributed by atoms with E-state index < -0.39 is 4.92 Å². The number of carbonyl (C=O) groups is 1. The molecule has 1 saturated heterocycles. The van der Waals surface area contributed by atoms with Crippen LogP contribution in [0.25, 0.3) is 0 Å². The summed E-state index contributed by atoms with van der Waals surface area (Å²) in [6.07, 6.45) is 1.99. The van der Waals surface area contributed by atoms with Crippen molar-refractivity contribution in [2.24, 2.45) is 5.73 Å². The zero-order valence-corrected chi connectivity index (χ0v) is 11.8. The smallest absolute Gasteiger partial charge is 0.269 e. The van der Waals surface area contributed by atoms with Crippen LogP contribution in [0, 0.1) is 10.1 Å². The summed E-state index contributed by atoms with van der Waals surface area (Å²) in [6, 6.07) is 6.40. The summed E-state index contributed by atoms with van der Waals surface area (Å²) in [5.41, 5.74) is 5.71. The van der Waals surface area contributed by atoms with Gasteiger partial charge in [-0.25, -0.2) is 0 Å². The van der Waals surface area contributed by atoms with Gasteiger partial charge >= 0.3 is 0 Å². The van der Waals surface area contributed by atoms with E-state index in [1.807, 2.05) is 4.90 Å². The Bertz CT molecular complexity index is 492. The van der Waals surface area contributed by atoms with Crippen molar-refractivity contribution in [1.82, 2.24) is 4.90 Å². The first-order valence-electron chi connectivity index (χ1n) is 6.48. The molecule has 0 radical (unpaired) electrons. The molecule has 1 aromatic carbocycles. The van der Waals surface area contributed by atoms with Gasteiger partial charge in [-0.05, 0) is 25.0 Å². The number of hydrogen-bond acceptors (Lipinski definition) is 5. The van der Waals surface area contributed by atoms with Gasteiger partial charge in [0, 0.05) is 36.2 Å². The normalized spacial score (nSPS) is 18.2. The predicted molar refractivity (Wildman–Crippen MR) is 77.6 cm³/mol. The van der Waals surface area contributed by atoms with E-state index in [0.717, 1.165) is 24.3 Å². The minimum atomic E-state index is -0.435. The molecule has 0 saturated carbocycles. The van der Waals surface area contributed by atoms with Crippen LogP contribution >= 0.6 is 11.8 Å². The van der Waals surface area contributed by atoms with Gasteiger partial charge in [-0.3, -0.25) is 14.9 Å². The molecule has 0 aliphatic carbocycles. The monoisotopic (exact) mass is 295 g/mol. The number of carbonyl (C=O) groups excluding carboxylic acids is 1. The topological polar surface area (TPSA) is 89.5 Å². The zero-order chi connectivity index (χ0) is 14.5. The second-order valence-corrected chi connectivity index (χ2v) is 5.71. The lowest BCUT2D eigenvalue weighted by Crippen LogP contribution is -2.40. The van der Waals surface area contributed by atoms with Crippen molar-refractivity contribution in [3.63, 3.8) is 0 Å². The average Bonchev–Trinajstić information content (AvgIpc) is 2.93. The molecule has 2 rings (SSSR count). The number of benzene rings is 1. The Balaban J connectivity index is 1.88. The fourth-order valence-corrected chi connectivity index (χ4v) is 3.09. The highest BCUT2D eigenvalue weighted by Gasteiger charge is 2.27. The number of non-ortho nitro benzene ring substituents is 1. The van der Waals surface area contributed by atoms with E-state index >= 15 is 0 Å². The van der Waals surface area contributed by atoms with Gasteiger partial charge in [-0.2, -0.15) is 0 Å². The lowest BCUT2D eigenvalue weighted by Gasteiger charge is -2.23. The van der Waals surface area contributed by atoms with E-state index in [1.165, 1.54) is 23.9 Å². The summed E-state index contributed by atoms with van der Waals surface area (Å²) in [5.74, 6) is 0.426. The fourth-order valence-electron chi connectivity index (χ4n) is 2.30. The molecule has 2 N–H and O–H groups in total. The van der Waals surface area contributed by atoms with Crippen LogP contribution in [0.15, 0.2) is 29.2 Å². The quantitative estimate of drug-likeness (QED) is 0.506. The van der Waals surface area contributed by atoms with E-state index in [-0.39, 0.29) is 17.6 Å². The van der Waals surface area contributed by atoms with Crippen molar-refractivity contribution in [3.8, 4) is 0 Å². The third-order valence-corrected chi connectivity index (χ3v) is 4.38. The van der Waals surface area contributed by atoms with Crippen LogP contribution in [0.3, 0.4) is 0 Å². The van der Waals surface area contributed by atoms with Gasteiger partial charge in [0.1, 0.15) is 0 Å². The van der Waals surface area contributed by atoms with E-state index in [9.17, 15) is 14.9 Å². The average molecular weight is 295 g/mol. The number of nitrogens with two attached hydrogens (primary N) is 1. The largest absolute Gasteiger partial charge is 0.338 e. The van der Waals surface area contributed by atoms with E-state index in [1.54, 1.807) is 12.1 Å². The Labute approximate surface area is 121 Å². The maximum absolute atomic E-state index is 12.1. The minimum Gasteiger partial charge on any atom is -0.338 e. The summed E-state index contributed by atoms with van der Waals surface area (Å²) >= 11 is 1.39. The molecule has 1 aliphatic heterocycles. The second kappa shape index (κ2) is 6.71. The predicted octanol–water partition coefficient (Wildman–Crippen LogP) is 1.64. The molecule has 0 spiro atoms. The molecule has 6 nitrogen and oxygen atoms in total. The Morgan fingerprint density at radius 1 is 1.45 bits per heavy atom. The number of thioether (sulfide) groups is 1. The molecule has 1 amide bonds. The molecule has 1 atom stereocenters. The van der Waals surface area contributed by atoms with Crippen LogP contribution < -0.4 is 5.73 Å². The maximum atomic E-state index is 12.1. The number of rotatable bonds is 5. The number of hydrogen-bond donors (Lipinski definition) is 1. The van der Waals surface area contributed by atoms with E-state index in [4.69, 9.17) is 5.73 Å². The first-order chi connectivity index (χ1) is 9.61. The molecule has 1 aliphatic rings. The molecule has 7 heteroatoms. The van der Waals surface area contributed by atoms with Gasteiger partial charge in [0.05, 0.1) is 10.7 Å². The summed E-state index contributed by atoms with van der Waals surface area (Å²) in [6.45, 7) is 1.29. The van der Waals surface area contributed by atoms with E-state index in [2.05, 4.69) is 0 Å². The Kier molecular flexibility index (Phi) is 4.97. The first-order valence-corrected chi connectivity index (χ1v) is 7.47. The molecule has 1 unspecified atom stereocenters. The molecule has 1 fully saturated rings. The Hall–Kier alpha value is -1.60. The van der Waals surface area contributed by atoms with Crippen LogP contribution in [0.2, 0.25) is 0 Å². The van der Waals surface area contributed by atoms with Gasteiger partial charge in [0.2, 0.25) is 5.91 Å². The number of amides is 1. The van der Waals surface area contributed by atoms with Crippen LogP contribution in [0.1, 0.15) is 12.8 Å². The highest BCUT2D eigenvalue weighted by atomic mass is 32.2. The third kappa shape index (κ3) is 3.49. The Morgan fingerprint density at radius 3 is 2.75 bits per heavy atom. The SMILES string of the molecule is NCC1CCCN1C(=O)CSc1ccc([N+](=O)[O-])cc1. The third-order valence-electron chi connectivity index (χ3n) is 3.38. The molecule has 0 bridgehead atoms. The zero-order valence-electron chi connectivity index (χ0n) is 11.0. The summed E-state index contributed by atoms with van der Waals surface area (Å²) in [4.78, 5) is 24.9. The van der Waals surface area contributed by atoms with E-state index in [0.29, 0.717) is 12.3 Å². The van der Waals surface area contributed by atoms with Crippen molar-refractivity contribution in [2.45, 2.75) is 23.8 Å². The van der Waals surface area contributed by atoms with Crippen LogP contribution in [0.5, 0.6) is 0 Å². The molecule has 108 valence electrons. The van der Waals surface area contributed by atoms with Gasteiger partial charge in [0.25, 0.3) is 5.69 Å². The van der Waals surface area contributed by atoms with Gasteiger partial charge in [-0.1, -0.05) is 0 Å². The lowest BCUT2D eigenvalue weighted by molar-refractivity contribution is -0.384. The standard InChI is InChI=1S/C13H17N3O3S/c14-8-11-2-1-7-15(11)13(17)9-20-12-5-3-10(4-6-12)16(18)19/h3-6,11H,1-2,7-9,14H2. The highest BCUT2D eigenvalue weighted by molar-refractivity contribution is 8.00.